The van der Waals surface area contributed by atoms with Crippen molar-refractivity contribution in [3.8, 4) is 22.9 Å². The van der Waals surface area contributed by atoms with Crippen molar-refractivity contribution in [2.75, 3.05) is 12.5 Å². The molecule has 0 amide bonds. The van der Waals surface area contributed by atoms with Gasteiger partial charge in [-0.1, -0.05) is 11.8 Å². The highest BCUT2D eigenvalue weighted by atomic mass is 32.2. The highest BCUT2D eigenvalue weighted by Crippen LogP contribution is 2.35. The van der Waals surface area contributed by atoms with Crippen LogP contribution in [0.5, 0.6) is 11.5 Å². The summed E-state index contributed by atoms with van der Waals surface area (Å²) in [6, 6.07) is 5.51. The minimum absolute atomic E-state index is 0.0485. The van der Waals surface area contributed by atoms with E-state index in [1.807, 2.05) is 18.2 Å². The molecule has 8 heteroatoms. The third-order valence-corrected chi connectivity index (χ3v) is 3.80. The second-order valence-electron chi connectivity index (χ2n) is 4.12. The molecule has 1 aliphatic rings. The van der Waals surface area contributed by atoms with Gasteiger partial charge in [-0.3, -0.25) is 4.79 Å². The average molecular weight is 293 g/mol. The van der Waals surface area contributed by atoms with Crippen LogP contribution in [0.1, 0.15) is 0 Å². The predicted octanol–water partition coefficient (Wildman–Crippen LogP) is 1.39. The molecule has 0 saturated carbocycles. The van der Waals surface area contributed by atoms with Crippen LogP contribution in [-0.2, 0) is 11.8 Å². The molecule has 3 rings (SSSR count). The molecule has 0 spiro atoms. The molecular formula is C12H11N3O4S. The lowest BCUT2D eigenvalue weighted by atomic mass is 10.2. The fourth-order valence-corrected chi connectivity index (χ4v) is 2.49. The monoisotopic (exact) mass is 293 g/mol. The van der Waals surface area contributed by atoms with Gasteiger partial charge in [-0.2, -0.15) is 0 Å². The first-order valence-electron chi connectivity index (χ1n) is 5.79. The molecular weight excluding hydrogens is 282 g/mol. The van der Waals surface area contributed by atoms with Crippen LogP contribution >= 0.6 is 11.8 Å². The van der Waals surface area contributed by atoms with Gasteiger partial charge in [-0.05, 0) is 18.2 Å². The van der Waals surface area contributed by atoms with E-state index in [1.165, 1.54) is 0 Å². The predicted molar refractivity (Wildman–Crippen MR) is 70.9 cm³/mol. The van der Waals surface area contributed by atoms with Crippen LogP contribution < -0.4 is 9.47 Å². The van der Waals surface area contributed by atoms with Crippen molar-refractivity contribution in [3.63, 3.8) is 0 Å². The standard InChI is InChI=1S/C12H11N3O4S/c1-15-11(13-14-12(15)20-5-10(16)17)7-2-3-8-9(4-7)19-6-18-8/h2-4H,5-6H2,1H3,(H,16,17). The van der Waals surface area contributed by atoms with Gasteiger partial charge in [0.25, 0.3) is 0 Å². The number of aromatic nitrogens is 3. The van der Waals surface area contributed by atoms with E-state index in [-0.39, 0.29) is 12.5 Å². The zero-order valence-electron chi connectivity index (χ0n) is 10.6. The number of benzene rings is 1. The Morgan fingerprint density at radius 1 is 1.40 bits per heavy atom. The number of rotatable bonds is 4. The summed E-state index contributed by atoms with van der Waals surface area (Å²) in [5.74, 6) is 1.09. The molecule has 0 radical (unpaired) electrons. The first kappa shape index (κ1) is 12.8. The molecule has 0 saturated heterocycles. The molecule has 7 nitrogen and oxygen atoms in total. The van der Waals surface area contributed by atoms with Gasteiger partial charge in [0.15, 0.2) is 22.5 Å². The normalized spacial score (nSPS) is 12.7. The number of carboxylic acid groups (broad SMARTS) is 1. The number of nitrogens with zero attached hydrogens (tertiary/aromatic N) is 3. The summed E-state index contributed by atoms with van der Waals surface area (Å²) in [6.07, 6.45) is 0. The van der Waals surface area contributed by atoms with Gasteiger partial charge >= 0.3 is 5.97 Å². The van der Waals surface area contributed by atoms with Crippen LogP contribution in [0, 0.1) is 0 Å². The fraction of sp³-hybridized carbons (Fsp3) is 0.250. The van der Waals surface area contributed by atoms with E-state index in [0.29, 0.717) is 22.5 Å². The van der Waals surface area contributed by atoms with Crippen molar-refractivity contribution in [2.24, 2.45) is 7.05 Å². The third kappa shape index (κ3) is 2.29. The van der Waals surface area contributed by atoms with Gasteiger partial charge in [0.05, 0.1) is 5.75 Å². The van der Waals surface area contributed by atoms with E-state index in [2.05, 4.69) is 10.2 Å². The Morgan fingerprint density at radius 3 is 3.00 bits per heavy atom. The first-order valence-corrected chi connectivity index (χ1v) is 6.77. The summed E-state index contributed by atoms with van der Waals surface area (Å²) in [7, 11) is 1.80. The average Bonchev–Trinajstić information content (AvgIpc) is 3.02. The summed E-state index contributed by atoms with van der Waals surface area (Å²) in [6.45, 7) is 0.220. The Hall–Kier alpha value is -2.22. The summed E-state index contributed by atoms with van der Waals surface area (Å²) >= 11 is 1.13. The number of aliphatic carboxylic acids is 1. The van der Waals surface area contributed by atoms with Gasteiger partial charge in [-0.15, -0.1) is 10.2 Å². The number of hydrogen-bond donors (Lipinski definition) is 1. The Balaban J connectivity index is 1.89. The highest BCUT2D eigenvalue weighted by Gasteiger charge is 2.17. The third-order valence-electron chi connectivity index (χ3n) is 2.79. The molecule has 104 valence electrons. The van der Waals surface area contributed by atoms with Crippen molar-refractivity contribution >= 4 is 17.7 Å². The van der Waals surface area contributed by atoms with Gasteiger partial charge in [0.2, 0.25) is 6.79 Å². The molecule has 0 aliphatic carbocycles. The highest BCUT2D eigenvalue weighted by molar-refractivity contribution is 7.99. The van der Waals surface area contributed by atoms with Crippen molar-refractivity contribution in [2.45, 2.75) is 5.16 Å². The second-order valence-corrected chi connectivity index (χ2v) is 5.06. The molecule has 1 N–H and O–H groups in total. The Labute approximate surface area is 118 Å². The summed E-state index contributed by atoms with van der Waals surface area (Å²) < 4.78 is 12.3. The fourth-order valence-electron chi connectivity index (χ4n) is 1.85. The van der Waals surface area contributed by atoms with Crippen LogP contribution in [0.25, 0.3) is 11.4 Å². The lowest BCUT2D eigenvalue weighted by molar-refractivity contribution is -0.133. The number of thioether (sulfide) groups is 1. The number of carbonyl (C=O) groups is 1. The largest absolute Gasteiger partial charge is 0.481 e. The van der Waals surface area contributed by atoms with Crippen molar-refractivity contribution in [1.82, 2.24) is 14.8 Å². The summed E-state index contributed by atoms with van der Waals surface area (Å²) in [5, 5.41) is 17.3. The smallest absolute Gasteiger partial charge is 0.313 e. The minimum atomic E-state index is -0.886. The lowest BCUT2D eigenvalue weighted by Gasteiger charge is -2.04. The minimum Gasteiger partial charge on any atom is -0.481 e. The Bertz CT molecular complexity index is 671. The van der Waals surface area contributed by atoms with Crippen LogP contribution in [0.15, 0.2) is 23.4 Å². The molecule has 2 heterocycles. The summed E-state index contributed by atoms with van der Waals surface area (Å²) in [4.78, 5) is 10.6. The second kappa shape index (κ2) is 5.04. The topological polar surface area (TPSA) is 86.5 Å². The van der Waals surface area contributed by atoms with E-state index in [9.17, 15) is 4.79 Å². The van der Waals surface area contributed by atoms with Gasteiger partial charge in [0.1, 0.15) is 0 Å². The molecule has 20 heavy (non-hydrogen) atoms. The number of hydrogen-bond acceptors (Lipinski definition) is 6. The van der Waals surface area contributed by atoms with Crippen LogP contribution in [0.2, 0.25) is 0 Å². The maximum atomic E-state index is 10.6. The van der Waals surface area contributed by atoms with Crippen molar-refractivity contribution in [1.29, 1.82) is 0 Å². The molecule has 2 aromatic rings. The molecule has 0 fully saturated rings. The number of fused-ring (bicyclic) bond motifs is 1. The van der Waals surface area contributed by atoms with E-state index < -0.39 is 5.97 Å². The molecule has 1 aliphatic heterocycles. The first-order chi connectivity index (χ1) is 9.65. The maximum absolute atomic E-state index is 10.6. The molecule has 0 unspecified atom stereocenters. The maximum Gasteiger partial charge on any atom is 0.313 e. The number of ether oxygens (including phenoxy) is 2. The molecule has 1 aromatic carbocycles. The van der Waals surface area contributed by atoms with Crippen LogP contribution in [0.3, 0.4) is 0 Å². The zero-order valence-corrected chi connectivity index (χ0v) is 11.4. The quantitative estimate of drug-likeness (QED) is 0.852. The molecule has 1 aromatic heterocycles. The van der Waals surface area contributed by atoms with E-state index in [4.69, 9.17) is 14.6 Å². The Kier molecular flexibility index (Phi) is 3.23. The van der Waals surface area contributed by atoms with Gasteiger partial charge in [-0.25, -0.2) is 0 Å². The van der Waals surface area contributed by atoms with Crippen LogP contribution in [-0.4, -0.2) is 38.4 Å². The van der Waals surface area contributed by atoms with Crippen molar-refractivity contribution in [3.05, 3.63) is 18.2 Å². The lowest BCUT2D eigenvalue weighted by Crippen LogP contribution is -2.01. The van der Waals surface area contributed by atoms with E-state index in [0.717, 1.165) is 17.3 Å². The van der Waals surface area contributed by atoms with Crippen LogP contribution in [0.4, 0.5) is 0 Å². The van der Waals surface area contributed by atoms with Crippen molar-refractivity contribution < 1.29 is 19.4 Å². The molecule has 0 bridgehead atoms. The number of carboxylic acids is 1. The Morgan fingerprint density at radius 2 is 2.20 bits per heavy atom. The molecule has 0 atom stereocenters. The zero-order chi connectivity index (χ0) is 14.1. The SMILES string of the molecule is Cn1c(SCC(=O)O)nnc1-c1ccc2c(c1)OCO2. The van der Waals surface area contributed by atoms with E-state index >= 15 is 0 Å². The van der Waals surface area contributed by atoms with E-state index in [1.54, 1.807) is 11.6 Å². The van der Waals surface area contributed by atoms with Gasteiger partial charge < -0.3 is 19.1 Å². The summed E-state index contributed by atoms with van der Waals surface area (Å²) in [5.41, 5.74) is 0.839. The van der Waals surface area contributed by atoms with Gasteiger partial charge in [0, 0.05) is 12.6 Å².